The third kappa shape index (κ3) is 2.38. The van der Waals surface area contributed by atoms with Crippen LogP contribution in [0, 0.1) is 0 Å². The van der Waals surface area contributed by atoms with E-state index < -0.39 is 0 Å². The zero-order valence-electron chi connectivity index (χ0n) is 13.2. The summed E-state index contributed by atoms with van der Waals surface area (Å²) in [5.41, 5.74) is 4.41. The second kappa shape index (κ2) is 5.74. The number of rotatable bonds is 3. The molecule has 0 spiro atoms. The molecule has 0 aliphatic carbocycles. The van der Waals surface area contributed by atoms with Crippen LogP contribution < -0.4 is 4.74 Å². The van der Waals surface area contributed by atoms with E-state index in [1.807, 2.05) is 60.7 Å². The van der Waals surface area contributed by atoms with Crippen molar-refractivity contribution in [2.75, 3.05) is 7.11 Å². The molecule has 0 fully saturated rings. The van der Waals surface area contributed by atoms with Crippen LogP contribution in [0.3, 0.4) is 0 Å². The number of imidazole rings is 1. The summed E-state index contributed by atoms with van der Waals surface area (Å²) in [6, 6.07) is 20.9. The van der Waals surface area contributed by atoms with Crippen molar-refractivity contribution in [1.29, 1.82) is 0 Å². The molecule has 4 aromatic rings. The number of phenolic OH excluding ortho intramolecular Hbond substituents is 1. The molecule has 0 radical (unpaired) electrons. The number of aromatic nitrogens is 2. The van der Waals surface area contributed by atoms with Crippen molar-refractivity contribution in [1.82, 2.24) is 9.97 Å². The molecule has 0 saturated heterocycles. The van der Waals surface area contributed by atoms with E-state index in [1.165, 1.54) is 0 Å². The van der Waals surface area contributed by atoms with E-state index in [0.717, 1.165) is 39.3 Å². The lowest BCUT2D eigenvalue weighted by atomic mass is 9.98. The average Bonchev–Trinajstić information content (AvgIpc) is 3.06. The molecule has 4 heteroatoms. The number of aromatic hydroxyl groups is 1. The number of fused-ring (bicyclic) bond motifs is 1. The third-order valence-electron chi connectivity index (χ3n) is 4.07. The van der Waals surface area contributed by atoms with Crippen LogP contribution in [0.25, 0.3) is 33.5 Å². The molecule has 0 unspecified atom stereocenters. The van der Waals surface area contributed by atoms with E-state index in [2.05, 4.69) is 9.97 Å². The number of H-pyrrole nitrogens is 1. The number of hydrogen-bond acceptors (Lipinski definition) is 3. The fraction of sp³-hybridized carbons (Fsp3) is 0.0500. The van der Waals surface area contributed by atoms with Gasteiger partial charge in [-0.3, -0.25) is 0 Å². The van der Waals surface area contributed by atoms with E-state index in [9.17, 15) is 5.11 Å². The van der Waals surface area contributed by atoms with E-state index in [1.54, 1.807) is 13.2 Å². The van der Waals surface area contributed by atoms with Gasteiger partial charge in [0.2, 0.25) is 0 Å². The van der Waals surface area contributed by atoms with E-state index >= 15 is 0 Å². The van der Waals surface area contributed by atoms with Crippen LogP contribution in [0.1, 0.15) is 0 Å². The number of phenols is 1. The number of hydrogen-bond donors (Lipinski definition) is 2. The van der Waals surface area contributed by atoms with Crippen molar-refractivity contribution < 1.29 is 9.84 Å². The van der Waals surface area contributed by atoms with Crippen molar-refractivity contribution in [2.45, 2.75) is 0 Å². The van der Waals surface area contributed by atoms with E-state index in [-0.39, 0.29) is 5.75 Å². The normalized spacial score (nSPS) is 10.9. The first-order valence-corrected chi connectivity index (χ1v) is 7.68. The zero-order chi connectivity index (χ0) is 16.5. The highest BCUT2D eigenvalue weighted by Crippen LogP contribution is 2.38. The van der Waals surface area contributed by atoms with Crippen molar-refractivity contribution >= 4 is 11.0 Å². The van der Waals surface area contributed by atoms with Crippen LogP contribution in [-0.4, -0.2) is 22.2 Å². The maximum atomic E-state index is 10.2. The first-order valence-electron chi connectivity index (χ1n) is 7.68. The molecule has 3 aromatic carbocycles. The Morgan fingerprint density at radius 3 is 2.46 bits per heavy atom. The summed E-state index contributed by atoms with van der Waals surface area (Å²) >= 11 is 0. The molecule has 1 aromatic heterocycles. The summed E-state index contributed by atoms with van der Waals surface area (Å²) in [5, 5.41) is 10.2. The number of para-hydroxylation sites is 3. The minimum absolute atomic E-state index is 0.236. The Bertz CT molecular complexity index is 988. The molecule has 118 valence electrons. The summed E-state index contributed by atoms with van der Waals surface area (Å²) in [6.45, 7) is 0. The summed E-state index contributed by atoms with van der Waals surface area (Å²) in [6.07, 6.45) is 0. The number of aromatic amines is 1. The number of ether oxygens (including phenoxy) is 1. The van der Waals surface area contributed by atoms with Gasteiger partial charge in [0.15, 0.2) is 0 Å². The lowest BCUT2D eigenvalue weighted by Gasteiger charge is -2.11. The van der Waals surface area contributed by atoms with Gasteiger partial charge in [0.25, 0.3) is 0 Å². The molecule has 0 aliphatic rings. The number of benzene rings is 3. The Morgan fingerprint density at radius 2 is 1.67 bits per heavy atom. The smallest absolute Gasteiger partial charge is 0.139 e. The second-order valence-corrected chi connectivity index (χ2v) is 5.53. The van der Waals surface area contributed by atoms with Crippen LogP contribution in [0.15, 0.2) is 66.7 Å². The molecular formula is C20H16N2O2. The van der Waals surface area contributed by atoms with Gasteiger partial charge in [-0.2, -0.15) is 0 Å². The van der Waals surface area contributed by atoms with Crippen LogP contribution in [0.4, 0.5) is 0 Å². The Kier molecular flexibility index (Phi) is 3.43. The minimum Gasteiger partial charge on any atom is -0.507 e. The fourth-order valence-electron chi connectivity index (χ4n) is 2.86. The molecule has 0 amide bonds. The predicted molar refractivity (Wildman–Crippen MR) is 95.2 cm³/mol. The third-order valence-corrected chi connectivity index (χ3v) is 4.07. The molecular weight excluding hydrogens is 300 g/mol. The molecule has 0 bridgehead atoms. The summed E-state index contributed by atoms with van der Waals surface area (Å²) in [4.78, 5) is 8.03. The summed E-state index contributed by atoms with van der Waals surface area (Å²) < 4.78 is 5.37. The largest absolute Gasteiger partial charge is 0.507 e. The topological polar surface area (TPSA) is 58.1 Å². The zero-order valence-corrected chi connectivity index (χ0v) is 13.2. The lowest BCUT2D eigenvalue weighted by molar-refractivity contribution is 0.415. The highest BCUT2D eigenvalue weighted by Gasteiger charge is 2.15. The van der Waals surface area contributed by atoms with Gasteiger partial charge in [-0.25, -0.2) is 4.98 Å². The molecule has 0 aliphatic heterocycles. The SMILES string of the molecule is COc1ccc(-c2ccccc2O)c(-c2nc3ccccc3[nH]2)c1. The summed E-state index contributed by atoms with van der Waals surface area (Å²) in [7, 11) is 1.64. The van der Waals surface area contributed by atoms with Crippen LogP contribution in [0.2, 0.25) is 0 Å². The maximum absolute atomic E-state index is 10.2. The van der Waals surface area contributed by atoms with Crippen molar-refractivity contribution in [2.24, 2.45) is 0 Å². The number of nitrogens with one attached hydrogen (secondary N) is 1. The van der Waals surface area contributed by atoms with Gasteiger partial charge in [0.05, 0.1) is 18.1 Å². The van der Waals surface area contributed by atoms with Crippen LogP contribution in [-0.2, 0) is 0 Å². The van der Waals surface area contributed by atoms with Gasteiger partial charge < -0.3 is 14.8 Å². The van der Waals surface area contributed by atoms with Gasteiger partial charge in [-0.05, 0) is 42.0 Å². The second-order valence-electron chi connectivity index (χ2n) is 5.53. The average molecular weight is 316 g/mol. The fourth-order valence-corrected chi connectivity index (χ4v) is 2.86. The highest BCUT2D eigenvalue weighted by molar-refractivity contribution is 5.88. The Morgan fingerprint density at radius 1 is 0.875 bits per heavy atom. The Hall–Kier alpha value is -3.27. The molecule has 1 heterocycles. The van der Waals surface area contributed by atoms with E-state index in [4.69, 9.17) is 4.74 Å². The standard InChI is InChI=1S/C20H16N2O2/c1-24-13-10-11-14(15-6-2-5-9-19(15)23)16(12-13)20-21-17-7-3-4-8-18(17)22-20/h2-12,23H,1H3,(H,21,22). The van der Waals surface area contributed by atoms with Crippen molar-refractivity contribution in [3.63, 3.8) is 0 Å². The van der Waals surface area contributed by atoms with Gasteiger partial charge in [0.1, 0.15) is 17.3 Å². The van der Waals surface area contributed by atoms with Crippen molar-refractivity contribution in [3.8, 4) is 34.0 Å². The molecule has 0 atom stereocenters. The Balaban J connectivity index is 1.97. The van der Waals surface area contributed by atoms with Gasteiger partial charge in [-0.1, -0.05) is 30.3 Å². The van der Waals surface area contributed by atoms with E-state index in [0.29, 0.717) is 0 Å². The maximum Gasteiger partial charge on any atom is 0.139 e. The minimum atomic E-state index is 0.236. The molecule has 24 heavy (non-hydrogen) atoms. The monoisotopic (exact) mass is 316 g/mol. The van der Waals surface area contributed by atoms with Gasteiger partial charge in [-0.15, -0.1) is 0 Å². The van der Waals surface area contributed by atoms with Gasteiger partial charge in [0, 0.05) is 11.1 Å². The van der Waals surface area contributed by atoms with Crippen molar-refractivity contribution in [3.05, 3.63) is 66.7 Å². The van der Waals surface area contributed by atoms with Gasteiger partial charge >= 0.3 is 0 Å². The molecule has 4 rings (SSSR count). The van der Waals surface area contributed by atoms with Crippen LogP contribution >= 0.6 is 0 Å². The number of nitrogens with zero attached hydrogens (tertiary/aromatic N) is 1. The molecule has 0 saturated carbocycles. The number of methoxy groups -OCH3 is 1. The molecule has 2 N–H and O–H groups in total. The molecule has 4 nitrogen and oxygen atoms in total. The summed E-state index contributed by atoms with van der Waals surface area (Å²) in [5.74, 6) is 1.72. The first-order chi connectivity index (χ1) is 11.8. The first kappa shape index (κ1) is 14.3. The Labute approximate surface area is 139 Å². The van der Waals surface area contributed by atoms with Crippen LogP contribution in [0.5, 0.6) is 11.5 Å². The highest BCUT2D eigenvalue weighted by atomic mass is 16.5. The quantitative estimate of drug-likeness (QED) is 0.580. The predicted octanol–water partition coefficient (Wildman–Crippen LogP) is 4.61. The lowest BCUT2D eigenvalue weighted by Crippen LogP contribution is -1.90.